The van der Waals surface area contributed by atoms with Crippen LogP contribution in [0.15, 0.2) is 60.7 Å². The summed E-state index contributed by atoms with van der Waals surface area (Å²) in [7, 11) is 0. The molecule has 5 heteroatoms. The molecule has 0 aliphatic heterocycles. The molecule has 29 heavy (non-hydrogen) atoms. The zero-order valence-corrected chi connectivity index (χ0v) is 16.3. The Morgan fingerprint density at radius 1 is 0.931 bits per heavy atom. The fourth-order valence-electron chi connectivity index (χ4n) is 3.42. The van der Waals surface area contributed by atoms with Gasteiger partial charge < -0.3 is 5.32 Å². The predicted molar refractivity (Wildman–Crippen MR) is 108 cm³/mol. The Morgan fingerprint density at radius 2 is 1.59 bits per heavy atom. The van der Waals surface area contributed by atoms with Crippen molar-refractivity contribution in [3.8, 4) is 0 Å². The molecule has 0 bridgehead atoms. The minimum Gasteiger partial charge on any atom is -0.326 e. The van der Waals surface area contributed by atoms with E-state index >= 15 is 0 Å². The molecule has 0 aliphatic carbocycles. The first-order chi connectivity index (χ1) is 13.9. The summed E-state index contributed by atoms with van der Waals surface area (Å²) in [4.78, 5) is 12.8. The Balaban J connectivity index is 1.92. The van der Waals surface area contributed by atoms with E-state index in [0.29, 0.717) is 23.2 Å². The third-order valence-electron chi connectivity index (χ3n) is 4.90. The largest absolute Gasteiger partial charge is 0.326 e. The Labute approximate surface area is 168 Å². The van der Waals surface area contributed by atoms with Crippen molar-refractivity contribution in [2.24, 2.45) is 0 Å². The minimum atomic E-state index is -0.698. The molecule has 1 amide bonds. The number of amides is 1. The molecular weight excluding hydrogens is 375 g/mol. The van der Waals surface area contributed by atoms with Gasteiger partial charge in [0.05, 0.1) is 0 Å². The number of benzene rings is 3. The Bertz CT molecular complexity index is 995. The molecule has 0 aromatic heterocycles. The first kappa shape index (κ1) is 20.6. The summed E-state index contributed by atoms with van der Waals surface area (Å²) in [5.74, 6) is -2.68. The SMILES string of the molecule is CCc1c(F)cccc1NC(=O)C[C@@H](c1ccc(C)cc1)c1cc(F)cc(F)c1. The van der Waals surface area contributed by atoms with Gasteiger partial charge in [-0.05, 0) is 48.7 Å². The number of aryl methyl sites for hydroxylation is 1. The lowest BCUT2D eigenvalue weighted by atomic mass is 9.87. The Morgan fingerprint density at radius 3 is 2.21 bits per heavy atom. The average molecular weight is 397 g/mol. The van der Waals surface area contributed by atoms with E-state index in [1.54, 1.807) is 13.0 Å². The van der Waals surface area contributed by atoms with Crippen LogP contribution in [-0.2, 0) is 11.2 Å². The highest BCUT2D eigenvalue weighted by atomic mass is 19.1. The van der Waals surface area contributed by atoms with Crippen molar-refractivity contribution < 1.29 is 18.0 Å². The molecule has 0 radical (unpaired) electrons. The van der Waals surface area contributed by atoms with E-state index in [2.05, 4.69) is 5.32 Å². The van der Waals surface area contributed by atoms with E-state index in [-0.39, 0.29) is 18.1 Å². The quantitative estimate of drug-likeness (QED) is 0.532. The summed E-state index contributed by atoms with van der Waals surface area (Å²) in [6.07, 6.45) is 0.393. The van der Waals surface area contributed by atoms with Crippen LogP contribution in [0.4, 0.5) is 18.9 Å². The summed E-state index contributed by atoms with van der Waals surface area (Å²) in [6.45, 7) is 3.74. The van der Waals surface area contributed by atoms with Crippen LogP contribution >= 0.6 is 0 Å². The number of nitrogens with one attached hydrogen (secondary N) is 1. The van der Waals surface area contributed by atoms with Crippen LogP contribution in [0, 0.1) is 24.4 Å². The number of carbonyl (C=O) groups is 1. The first-order valence-electron chi connectivity index (χ1n) is 9.47. The Hall–Kier alpha value is -3.08. The van der Waals surface area contributed by atoms with Gasteiger partial charge in [-0.3, -0.25) is 4.79 Å². The van der Waals surface area contributed by atoms with Crippen molar-refractivity contribution in [3.63, 3.8) is 0 Å². The molecule has 3 aromatic carbocycles. The van der Waals surface area contributed by atoms with Gasteiger partial charge in [0.15, 0.2) is 0 Å². The number of rotatable bonds is 6. The molecule has 0 heterocycles. The van der Waals surface area contributed by atoms with Crippen molar-refractivity contribution in [2.45, 2.75) is 32.6 Å². The van der Waals surface area contributed by atoms with Crippen LogP contribution in [0.5, 0.6) is 0 Å². The molecule has 3 aromatic rings. The summed E-state index contributed by atoms with van der Waals surface area (Å²) in [5.41, 5.74) is 3.01. The van der Waals surface area contributed by atoms with E-state index in [0.717, 1.165) is 17.2 Å². The van der Waals surface area contributed by atoms with E-state index in [1.165, 1.54) is 24.3 Å². The number of carbonyl (C=O) groups excluding carboxylic acids is 1. The molecule has 150 valence electrons. The molecule has 1 N–H and O–H groups in total. The second kappa shape index (κ2) is 8.95. The number of halogens is 3. The van der Waals surface area contributed by atoms with Crippen molar-refractivity contribution in [2.75, 3.05) is 5.32 Å². The third-order valence-corrected chi connectivity index (χ3v) is 4.90. The van der Waals surface area contributed by atoms with Crippen LogP contribution in [-0.4, -0.2) is 5.91 Å². The predicted octanol–water partition coefficient (Wildman–Crippen LogP) is 6.14. The fraction of sp³-hybridized carbons (Fsp3) is 0.208. The van der Waals surface area contributed by atoms with E-state index < -0.39 is 17.6 Å². The van der Waals surface area contributed by atoms with E-state index in [1.807, 2.05) is 31.2 Å². The highest BCUT2D eigenvalue weighted by Crippen LogP contribution is 2.30. The number of hydrogen-bond acceptors (Lipinski definition) is 1. The lowest BCUT2D eigenvalue weighted by molar-refractivity contribution is -0.116. The van der Waals surface area contributed by atoms with Crippen LogP contribution in [0.3, 0.4) is 0 Å². The standard InChI is InChI=1S/C24H22F3NO/c1-3-20-22(27)5-4-6-23(20)28-24(29)14-21(16-9-7-15(2)8-10-16)17-11-18(25)13-19(26)12-17/h4-13,21H,3,14H2,1-2H3,(H,28,29)/t21-/m0/s1. The summed E-state index contributed by atoms with van der Waals surface area (Å²) in [5, 5.41) is 2.75. The Kier molecular flexibility index (Phi) is 6.37. The molecule has 0 unspecified atom stereocenters. The van der Waals surface area contributed by atoms with Gasteiger partial charge >= 0.3 is 0 Å². The maximum absolute atomic E-state index is 14.0. The van der Waals surface area contributed by atoms with Gasteiger partial charge in [0.25, 0.3) is 0 Å². The molecule has 0 spiro atoms. The topological polar surface area (TPSA) is 29.1 Å². The van der Waals surface area contributed by atoms with Crippen molar-refractivity contribution in [1.82, 2.24) is 0 Å². The fourth-order valence-corrected chi connectivity index (χ4v) is 3.42. The summed E-state index contributed by atoms with van der Waals surface area (Å²) in [6, 6.07) is 15.3. The third kappa shape index (κ3) is 5.05. The van der Waals surface area contributed by atoms with Crippen molar-refractivity contribution >= 4 is 11.6 Å². The zero-order valence-electron chi connectivity index (χ0n) is 16.3. The molecular formula is C24H22F3NO. The summed E-state index contributed by atoms with van der Waals surface area (Å²) < 4.78 is 41.6. The number of anilines is 1. The second-order valence-corrected chi connectivity index (χ2v) is 7.04. The monoisotopic (exact) mass is 397 g/mol. The molecule has 0 aliphatic rings. The van der Waals surface area contributed by atoms with Gasteiger partial charge in [0.1, 0.15) is 17.5 Å². The number of hydrogen-bond donors (Lipinski definition) is 1. The normalized spacial score (nSPS) is 11.9. The van der Waals surface area contributed by atoms with Crippen LogP contribution < -0.4 is 5.32 Å². The highest BCUT2D eigenvalue weighted by molar-refractivity contribution is 5.92. The summed E-state index contributed by atoms with van der Waals surface area (Å²) >= 11 is 0. The molecule has 0 saturated carbocycles. The average Bonchev–Trinajstić information content (AvgIpc) is 2.66. The van der Waals surface area contributed by atoms with Gasteiger partial charge in [0, 0.05) is 29.7 Å². The minimum absolute atomic E-state index is 0.0361. The van der Waals surface area contributed by atoms with Crippen LogP contribution in [0.1, 0.15) is 41.5 Å². The first-order valence-corrected chi connectivity index (χ1v) is 9.47. The second-order valence-electron chi connectivity index (χ2n) is 7.04. The molecule has 0 fully saturated rings. The van der Waals surface area contributed by atoms with E-state index in [9.17, 15) is 18.0 Å². The molecule has 1 atom stereocenters. The van der Waals surface area contributed by atoms with Gasteiger partial charge in [-0.15, -0.1) is 0 Å². The molecule has 3 rings (SSSR count). The maximum atomic E-state index is 14.0. The lowest BCUT2D eigenvalue weighted by Gasteiger charge is -2.19. The zero-order chi connectivity index (χ0) is 21.0. The van der Waals surface area contributed by atoms with Gasteiger partial charge in [0.2, 0.25) is 5.91 Å². The van der Waals surface area contributed by atoms with Crippen molar-refractivity contribution in [1.29, 1.82) is 0 Å². The molecule has 0 saturated heterocycles. The van der Waals surface area contributed by atoms with Gasteiger partial charge in [-0.2, -0.15) is 0 Å². The maximum Gasteiger partial charge on any atom is 0.225 e. The highest BCUT2D eigenvalue weighted by Gasteiger charge is 2.21. The van der Waals surface area contributed by atoms with Crippen molar-refractivity contribution in [3.05, 3.63) is 100 Å². The van der Waals surface area contributed by atoms with Gasteiger partial charge in [-0.25, -0.2) is 13.2 Å². The van der Waals surface area contributed by atoms with Crippen LogP contribution in [0.2, 0.25) is 0 Å². The van der Waals surface area contributed by atoms with E-state index in [4.69, 9.17) is 0 Å². The smallest absolute Gasteiger partial charge is 0.225 e. The lowest BCUT2D eigenvalue weighted by Crippen LogP contribution is -2.18. The van der Waals surface area contributed by atoms with Gasteiger partial charge in [-0.1, -0.05) is 42.8 Å². The molecule has 2 nitrogen and oxygen atoms in total. The van der Waals surface area contributed by atoms with Crippen LogP contribution in [0.25, 0.3) is 0 Å².